The standard InChI is InChI=1S/C11H8O4S2/c1-17(13)11-3-7(12)6-2-8-9(15-5-14-8)4-10(6)16-11/h2-4H,5H2,1H3. The summed E-state index contributed by atoms with van der Waals surface area (Å²) >= 11 is 1.34. The van der Waals surface area contributed by atoms with Gasteiger partial charge in [0.05, 0.1) is 15.0 Å². The summed E-state index contributed by atoms with van der Waals surface area (Å²) in [5.74, 6) is 1.22. The van der Waals surface area contributed by atoms with Crippen molar-refractivity contribution in [3.8, 4) is 11.5 Å². The predicted molar refractivity (Wildman–Crippen MR) is 66.6 cm³/mol. The van der Waals surface area contributed by atoms with Crippen LogP contribution in [0.5, 0.6) is 11.5 Å². The van der Waals surface area contributed by atoms with Crippen LogP contribution in [0.25, 0.3) is 10.1 Å². The molecule has 3 rings (SSSR count). The molecule has 88 valence electrons. The van der Waals surface area contributed by atoms with Crippen molar-refractivity contribution in [2.24, 2.45) is 0 Å². The summed E-state index contributed by atoms with van der Waals surface area (Å²) in [6, 6.07) is 4.87. The highest BCUT2D eigenvalue weighted by atomic mass is 32.2. The number of hydrogen-bond acceptors (Lipinski definition) is 5. The molecule has 6 heteroatoms. The van der Waals surface area contributed by atoms with Crippen LogP contribution in [0.4, 0.5) is 0 Å². The Morgan fingerprint density at radius 2 is 1.94 bits per heavy atom. The van der Waals surface area contributed by atoms with E-state index >= 15 is 0 Å². The zero-order valence-electron chi connectivity index (χ0n) is 8.89. The van der Waals surface area contributed by atoms with Gasteiger partial charge < -0.3 is 9.47 Å². The number of hydrogen-bond donors (Lipinski definition) is 0. The lowest BCUT2D eigenvalue weighted by Gasteiger charge is -2.01. The van der Waals surface area contributed by atoms with Crippen LogP contribution in [0, 0.1) is 0 Å². The number of ether oxygens (including phenoxy) is 2. The molecule has 1 aliphatic rings. The molecule has 4 nitrogen and oxygen atoms in total. The predicted octanol–water partition coefficient (Wildman–Crippen LogP) is 1.73. The van der Waals surface area contributed by atoms with Crippen LogP contribution in [0.15, 0.2) is 27.2 Å². The molecule has 0 spiro atoms. The highest BCUT2D eigenvalue weighted by molar-refractivity contribution is 7.86. The van der Waals surface area contributed by atoms with Crippen molar-refractivity contribution in [2.75, 3.05) is 13.0 Å². The maximum absolute atomic E-state index is 11.9. The van der Waals surface area contributed by atoms with Gasteiger partial charge >= 0.3 is 0 Å². The molecular formula is C11H8O4S2. The van der Waals surface area contributed by atoms with Gasteiger partial charge in [-0.25, -0.2) is 0 Å². The van der Waals surface area contributed by atoms with Crippen LogP contribution in [-0.4, -0.2) is 17.3 Å². The van der Waals surface area contributed by atoms with Gasteiger partial charge in [-0.05, 0) is 6.07 Å². The third-order valence-corrected chi connectivity index (χ3v) is 5.00. The minimum absolute atomic E-state index is 0.137. The van der Waals surface area contributed by atoms with Crippen molar-refractivity contribution in [3.63, 3.8) is 0 Å². The van der Waals surface area contributed by atoms with Crippen LogP contribution < -0.4 is 14.9 Å². The highest BCUT2D eigenvalue weighted by Gasteiger charge is 2.16. The van der Waals surface area contributed by atoms with E-state index in [0.29, 0.717) is 21.1 Å². The van der Waals surface area contributed by atoms with E-state index in [-0.39, 0.29) is 12.2 Å². The summed E-state index contributed by atoms with van der Waals surface area (Å²) < 4.78 is 23.2. The average molecular weight is 268 g/mol. The Labute approximate surface area is 103 Å². The van der Waals surface area contributed by atoms with E-state index in [0.717, 1.165) is 4.70 Å². The second-order valence-electron chi connectivity index (χ2n) is 3.59. The molecule has 1 aromatic carbocycles. The summed E-state index contributed by atoms with van der Waals surface area (Å²) in [6.45, 7) is 0.178. The van der Waals surface area contributed by atoms with Gasteiger partial charge in [-0.2, -0.15) is 0 Å². The fourth-order valence-corrected chi connectivity index (χ4v) is 3.49. The first kappa shape index (κ1) is 10.7. The molecule has 2 aromatic rings. The van der Waals surface area contributed by atoms with Crippen LogP contribution in [0.2, 0.25) is 0 Å². The minimum atomic E-state index is -1.15. The third-order valence-electron chi connectivity index (χ3n) is 2.48. The van der Waals surface area contributed by atoms with Crippen LogP contribution in [-0.2, 0) is 10.8 Å². The van der Waals surface area contributed by atoms with Gasteiger partial charge in [0.1, 0.15) is 0 Å². The van der Waals surface area contributed by atoms with Crippen molar-refractivity contribution < 1.29 is 13.7 Å². The van der Waals surface area contributed by atoms with Crippen LogP contribution in [0.1, 0.15) is 0 Å². The van der Waals surface area contributed by atoms with Crippen molar-refractivity contribution in [2.45, 2.75) is 4.21 Å². The SMILES string of the molecule is CS(=O)c1cc(=O)c2cc3c(cc2s1)OCO3. The monoisotopic (exact) mass is 268 g/mol. The topological polar surface area (TPSA) is 52.6 Å². The van der Waals surface area contributed by atoms with E-state index in [2.05, 4.69) is 0 Å². The van der Waals surface area contributed by atoms with Crippen molar-refractivity contribution >= 4 is 32.2 Å². The lowest BCUT2D eigenvalue weighted by atomic mass is 10.2. The lowest BCUT2D eigenvalue weighted by molar-refractivity contribution is 0.174. The second kappa shape index (κ2) is 3.82. The van der Waals surface area contributed by atoms with Gasteiger partial charge in [0.2, 0.25) is 6.79 Å². The van der Waals surface area contributed by atoms with Gasteiger partial charge in [0.25, 0.3) is 0 Å². The fraction of sp³-hybridized carbons (Fsp3) is 0.182. The minimum Gasteiger partial charge on any atom is -0.454 e. The van der Waals surface area contributed by atoms with E-state index < -0.39 is 10.8 Å². The first-order valence-electron chi connectivity index (χ1n) is 4.86. The Bertz CT molecular complexity index is 690. The molecule has 1 aromatic heterocycles. The lowest BCUT2D eigenvalue weighted by Crippen LogP contribution is -2.01. The van der Waals surface area contributed by atoms with E-state index in [1.165, 1.54) is 17.4 Å². The molecule has 0 amide bonds. The normalized spacial score (nSPS) is 15.1. The Balaban J connectivity index is 2.35. The molecule has 0 saturated carbocycles. The maximum atomic E-state index is 11.9. The third kappa shape index (κ3) is 1.73. The molecule has 0 aliphatic carbocycles. The molecule has 1 aliphatic heterocycles. The molecule has 2 heterocycles. The fourth-order valence-electron chi connectivity index (χ4n) is 1.66. The number of fused-ring (bicyclic) bond motifs is 2. The van der Waals surface area contributed by atoms with E-state index in [9.17, 15) is 9.00 Å². The molecule has 0 fully saturated rings. The molecule has 1 unspecified atom stereocenters. The number of benzene rings is 1. The number of rotatable bonds is 1. The smallest absolute Gasteiger partial charge is 0.231 e. The first-order valence-corrected chi connectivity index (χ1v) is 7.23. The summed E-state index contributed by atoms with van der Waals surface area (Å²) in [5.41, 5.74) is -0.137. The zero-order valence-corrected chi connectivity index (χ0v) is 10.5. The van der Waals surface area contributed by atoms with E-state index in [4.69, 9.17) is 9.47 Å². The van der Waals surface area contributed by atoms with Crippen LogP contribution in [0.3, 0.4) is 0 Å². The Kier molecular flexibility index (Phi) is 2.41. The molecule has 0 bridgehead atoms. The molecule has 1 atom stereocenters. The van der Waals surface area contributed by atoms with Crippen molar-refractivity contribution in [3.05, 3.63) is 28.4 Å². The summed E-state index contributed by atoms with van der Waals surface area (Å²) in [6.07, 6.45) is 1.56. The van der Waals surface area contributed by atoms with Gasteiger partial charge in [0.15, 0.2) is 16.9 Å². The molecule has 0 radical (unpaired) electrons. The quantitative estimate of drug-likeness (QED) is 0.790. The average Bonchev–Trinajstić information content (AvgIpc) is 2.73. The Hall–Kier alpha value is -1.40. The Morgan fingerprint density at radius 1 is 1.24 bits per heavy atom. The van der Waals surface area contributed by atoms with Crippen molar-refractivity contribution in [1.82, 2.24) is 0 Å². The highest BCUT2D eigenvalue weighted by Crippen LogP contribution is 2.36. The Morgan fingerprint density at radius 3 is 2.65 bits per heavy atom. The van der Waals surface area contributed by atoms with Crippen LogP contribution >= 0.6 is 11.3 Å². The van der Waals surface area contributed by atoms with Crippen molar-refractivity contribution in [1.29, 1.82) is 0 Å². The van der Waals surface area contributed by atoms with Gasteiger partial charge in [0, 0.05) is 28.5 Å². The second-order valence-corrected chi connectivity index (χ2v) is 6.28. The summed E-state index contributed by atoms with van der Waals surface area (Å²) in [7, 11) is -1.15. The molecule has 0 saturated heterocycles. The van der Waals surface area contributed by atoms with Gasteiger partial charge in [-0.1, -0.05) is 0 Å². The molecule has 0 N–H and O–H groups in total. The largest absolute Gasteiger partial charge is 0.454 e. The zero-order chi connectivity index (χ0) is 12.0. The summed E-state index contributed by atoms with van der Waals surface area (Å²) in [5, 5.41) is 0.577. The van der Waals surface area contributed by atoms with E-state index in [1.807, 2.05) is 0 Å². The first-order chi connectivity index (χ1) is 8.15. The summed E-state index contributed by atoms with van der Waals surface area (Å²) in [4.78, 5) is 11.9. The molecular weight excluding hydrogens is 260 g/mol. The van der Waals surface area contributed by atoms with Gasteiger partial charge in [-0.3, -0.25) is 9.00 Å². The van der Waals surface area contributed by atoms with E-state index in [1.54, 1.807) is 18.4 Å². The van der Waals surface area contributed by atoms with Gasteiger partial charge in [-0.15, -0.1) is 11.3 Å². The molecule has 17 heavy (non-hydrogen) atoms. The maximum Gasteiger partial charge on any atom is 0.231 e.